The maximum absolute atomic E-state index is 12.6. The minimum Gasteiger partial charge on any atom is -0.325 e. The lowest BCUT2D eigenvalue weighted by molar-refractivity contribution is -0.122. The van der Waals surface area contributed by atoms with Gasteiger partial charge in [0.1, 0.15) is 0 Å². The number of carbonyl (C=O) groups excluding carboxylic acids is 2. The average molecular weight is 343 g/mol. The van der Waals surface area contributed by atoms with Gasteiger partial charge in [-0.15, -0.1) is 0 Å². The van der Waals surface area contributed by atoms with Crippen molar-refractivity contribution in [3.05, 3.63) is 58.6 Å². The molecule has 1 saturated heterocycles. The average Bonchev–Trinajstić information content (AvgIpc) is 2.94. The largest absolute Gasteiger partial charge is 0.325 e. The SMILES string of the molecule is Cc1cccc(C)c1NC(=O)[C@@H]1CC(=O)N(c2ccc(Cl)cc2)C1. The first kappa shape index (κ1) is 16.5. The highest BCUT2D eigenvalue weighted by atomic mass is 35.5. The summed E-state index contributed by atoms with van der Waals surface area (Å²) < 4.78 is 0. The van der Waals surface area contributed by atoms with Gasteiger partial charge in [0, 0.05) is 29.4 Å². The molecule has 2 aromatic rings. The van der Waals surface area contributed by atoms with E-state index in [1.807, 2.05) is 32.0 Å². The quantitative estimate of drug-likeness (QED) is 0.918. The summed E-state index contributed by atoms with van der Waals surface area (Å²) in [5.41, 5.74) is 3.64. The zero-order valence-electron chi connectivity index (χ0n) is 13.7. The number of hydrogen-bond acceptors (Lipinski definition) is 2. The maximum atomic E-state index is 12.6. The van der Waals surface area contributed by atoms with Gasteiger partial charge in [0.2, 0.25) is 11.8 Å². The Morgan fingerprint density at radius 2 is 1.75 bits per heavy atom. The van der Waals surface area contributed by atoms with Crippen LogP contribution in [-0.2, 0) is 9.59 Å². The van der Waals surface area contributed by atoms with E-state index < -0.39 is 0 Å². The van der Waals surface area contributed by atoms with Crippen LogP contribution in [0.3, 0.4) is 0 Å². The Balaban J connectivity index is 1.73. The number of rotatable bonds is 3. The Morgan fingerprint density at radius 1 is 1.12 bits per heavy atom. The molecule has 0 aliphatic carbocycles. The molecule has 0 bridgehead atoms. The lowest BCUT2D eigenvalue weighted by atomic mass is 10.1. The van der Waals surface area contributed by atoms with Crippen molar-refractivity contribution in [3.8, 4) is 0 Å². The molecular formula is C19H19ClN2O2. The van der Waals surface area contributed by atoms with Gasteiger partial charge in [0.05, 0.1) is 5.92 Å². The predicted octanol–water partition coefficient (Wildman–Crippen LogP) is 3.95. The molecule has 1 fully saturated rings. The van der Waals surface area contributed by atoms with Gasteiger partial charge in [-0.05, 0) is 49.2 Å². The lowest BCUT2D eigenvalue weighted by Gasteiger charge is -2.17. The monoisotopic (exact) mass is 342 g/mol. The molecule has 1 N–H and O–H groups in total. The standard InChI is InChI=1S/C19H19ClN2O2/c1-12-4-3-5-13(2)18(12)21-19(24)14-10-17(23)22(11-14)16-8-6-15(20)7-9-16/h3-9,14H,10-11H2,1-2H3,(H,21,24)/t14-/m1/s1. The molecule has 1 heterocycles. The molecule has 1 aliphatic heterocycles. The number of anilines is 2. The predicted molar refractivity (Wildman–Crippen MR) is 96.5 cm³/mol. The first-order chi connectivity index (χ1) is 11.5. The zero-order chi connectivity index (χ0) is 17.3. The van der Waals surface area contributed by atoms with Gasteiger partial charge < -0.3 is 10.2 Å². The van der Waals surface area contributed by atoms with Gasteiger partial charge >= 0.3 is 0 Å². The molecule has 5 heteroatoms. The number of benzene rings is 2. The summed E-state index contributed by atoms with van der Waals surface area (Å²) in [5.74, 6) is -0.511. The second kappa shape index (κ2) is 6.65. The van der Waals surface area contributed by atoms with E-state index in [0.717, 1.165) is 22.5 Å². The van der Waals surface area contributed by atoms with Crippen molar-refractivity contribution in [1.82, 2.24) is 0 Å². The van der Waals surface area contributed by atoms with E-state index in [9.17, 15) is 9.59 Å². The van der Waals surface area contributed by atoms with Crippen LogP contribution in [0.2, 0.25) is 5.02 Å². The highest BCUT2D eigenvalue weighted by molar-refractivity contribution is 6.30. The fraction of sp³-hybridized carbons (Fsp3) is 0.263. The van der Waals surface area contributed by atoms with Crippen LogP contribution in [0.1, 0.15) is 17.5 Å². The number of halogens is 1. The minimum absolute atomic E-state index is 0.0426. The number of nitrogens with one attached hydrogen (secondary N) is 1. The number of nitrogens with zero attached hydrogens (tertiary/aromatic N) is 1. The first-order valence-corrected chi connectivity index (χ1v) is 8.26. The highest BCUT2D eigenvalue weighted by Gasteiger charge is 2.35. The van der Waals surface area contributed by atoms with E-state index in [-0.39, 0.29) is 24.2 Å². The minimum atomic E-state index is -0.354. The summed E-state index contributed by atoms with van der Waals surface area (Å²) in [5, 5.41) is 3.60. The van der Waals surface area contributed by atoms with Gasteiger partial charge in [0.15, 0.2) is 0 Å². The molecule has 2 amide bonds. The lowest BCUT2D eigenvalue weighted by Crippen LogP contribution is -2.28. The Kier molecular flexibility index (Phi) is 4.58. The fourth-order valence-electron chi connectivity index (χ4n) is 2.99. The third kappa shape index (κ3) is 3.29. The third-order valence-corrected chi connectivity index (χ3v) is 4.62. The van der Waals surface area contributed by atoms with Gasteiger partial charge in [-0.2, -0.15) is 0 Å². The van der Waals surface area contributed by atoms with Crippen molar-refractivity contribution in [2.75, 3.05) is 16.8 Å². The van der Waals surface area contributed by atoms with Crippen LogP contribution >= 0.6 is 11.6 Å². The second-order valence-electron chi connectivity index (χ2n) is 6.14. The van der Waals surface area contributed by atoms with Crippen LogP contribution in [-0.4, -0.2) is 18.4 Å². The molecule has 0 saturated carbocycles. The molecule has 124 valence electrons. The molecule has 1 atom stereocenters. The molecule has 4 nitrogen and oxygen atoms in total. The van der Waals surface area contributed by atoms with Crippen LogP contribution in [0.15, 0.2) is 42.5 Å². The molecule has 0 unspecified atom stereocenters. The highest BCUT2D eigenvalue weighted by Crippen LogP contribution is 2.28. The van der Waals surface area contributed by atoms with Crippen LogP contribution < -0.4 is 10.2 Å². The number of amides is 2. The number of aryl methyl sites for hydroxylation is 2. The first-order valence-electron chi connectivity index (χ1n) is 7.88. The van der Waals surface area contributed by atoms with E-state index in [2.05, 4.69) is 5.32 Å². The molecule has 2 aromatic carbocycles. The molecule has 24 heavy (non-hydrogen) atoms. The molecule has 0 radical (unpaired) electrons. The fourth-order valence-corrected chi connectivity index (χ4v) is 3.12. The third-order valence-electron chi connectivity index (χ3n) is 4.36. The van der Waals surface area contributed by atoms with Gasteiger partial charge in [-0.25, -0.2) is 0 Å². The Bertz CT molecular complexity index is 766. The van der Waals surface area contributed by atoms with Crippen molar-refractivity contribution in [1.29, 1.82) is 0 Å². The van der Waals surface area contributed by atoms with Crippen LogP contribution in [0.4, 0.5) is 11.4 Å². The van der Waals surface area contributed by atoms with Crippen LogP contribution in [0.5, 0.6) is 0 Å². The summed E-state index contributed by atoms with van der Waals surface area (Å²) in [6.45, 7) is 4.31. The molecule has 1 aliphatic rings. The van der Waals surface area contributed by atoms with E-state index in [1.165, 1.54) is 0 Å². The Morgan fingerprint density at radius 3 is 2.38 bits per heavy atom. The van der Waals surface area contributed by atoms with Crippen molar-refractivity contribution in [2.24, 2.45) is 5.92 Å². The van der Waals surface area contributed by atoms with Crippen molar-refractivity contribution >= 4 is 34.8 Å². The smallest absolute Gasteiger partial charge is 0.229 e. The zero-order valence-corrected chi connectivity index (χ0v) is 14.4. The summed E-state index contributed by atoms with van der Waals surface area (Å²) in [7, 11) is 0. The van der Waals surface area contributed by atoms with Crippen LogP contribution in [0, 0.1) is 19.8 Å². The topological polar surface area (TPSA) is 49.4 Å². The number of para-hydroxylation sites is 1. The summed E-state index contributed by atoms with van der Waals surface area (Å²) >= 11 is 5.89. The normalized spacial score (nSPS) is 17.2. The van der Waals surface area contributed by atoms with Gasteiger partial charge in [0.25, 0.3) is 0 Å². The second-order valence-corrected chi connectivity index (χ2v) is 6.57. The van der Waals surface area contributed by atoms with E-state index >= 15 is 0 Å². The number of carbonyl (C=O) groups is 2. The Labute approximate surface area is 146 Å². The molecular weight excluding hydrogens is 324 g/mol. The van der Waals surface area contributed by atoms with Crippen LogP contribution in [0.25, 0.3) is 0 Å². The van der Waals surface area contributed by atoms with Crippen molar-refractivity contribution in [3.63, 3.8) is 0 Å². The molecule has 0 spiro atoms. The van der Waals surface area contributed by atoms with Gasteiger partial charge in [-0.3, -0.25) is 9.59 Å². The van der Waals surface area contributed by atoms with E-state index in [0.29, 0.717) is 11.6 Å². The summed E-state index contributed by atoms with van der Waals surface area (Å²) in [6.07, 6.45) is 0.222. The van der Waals surface area contributed by atoms with Gasteiger partial charge in [-0.1, -0.05) is 29.8 Å². The molecule has 3 rings (SSSR count). The molecule has 0 aromatic heterocycles. The summed E-state index contributed by atoms with van der Waals surface area (Å²) in [6, 6.07) is 13.0. The van der Waals surface area contributed by atoms with E-state index in [1.54, 1.807) is 29.2 Å². The maximum Gasteiger partial charge on any atom is 0.229 e. The Hall–Kier alpha value is -2.33. The van der Waals surface area contributed by atoms with Crippen molar-refractivity contribution < 1.29 is 9.59 Å². The summed E-state index contributed by atoms with van der Waals surface area (Å²) in [4.78, 5) is 26.5. The van der Waals surface area contributed by atoms with E-state index in [4.69, 9.17) is 11.6 Å². The number of hydrogen-bond donors (Lipinski definition) is 1. The van der Waals surface area contributed by atoms with Crippen molar-refractivity contribution in [2.45, 2.75) is 20.3 Å².